The molecule has 2 saturated heterocycles. The third-order valence-corrected chi connectivity index (χ3v) is 5.67. The van der Waals surface area contributed by atoms with Gasteiger partial charge in [0.15, 0.2) is 0 Å². The number of carbonyl (C=O) groups is 1. The molecule has 0 radical (unpaired) electrons. The molecule has 2 N–H and O–H groups in total. The number of likely N-dealkylation sites (tertiary alicyclic amines) is 1. The van der Waals surface area contributed by atoms with Crippen LogP contribution in [0.2, 0.25) is 0 Å². The molecule has 0 bridgehead atoms. The molecule has 3 aliphatic rings. The molecule has 2 unspecified atom stereocenters. The molecule has 8 nitrogen and oxygen atoms in total. The van der Waals surface area contributed by atoms with Crippen LogP contribution in [0.25, 0.3) is 0 Å². The lowest BCUT2D eigenvalue weighted by Gasteiger charge is -2.40. The lowest BCUT2D eigenvalue weighted by Crippen LogP contribution is -2.55. The van der Waals surface area contributed by atoms with Gasteiger partial charge in [0, 0.05) is 38.4 Å². The number of aliphatic hydroxyl groups is 2. The highest BCUT2D eigenvalue weighted by Crippen LogP contribution is 2.39. The first kappa shape index (κ1) is 18.6. The number of rotatable bonds is 6. The molecular weight excluding hydrogens is 348 g/mol. The first-order valence-electron chi connectivity index (χ1n) is 9.88. The molecule has 0 aromatic carbocycles. The fourth-order valence-corrected chi connectivity index (χ4v) is 4.00. The Hall–Kier alpha value is -1.77. The van der Waals surface area contributed by atoms with Gasteiger partial charge in [-0.05, 0) is 37.7 Å². The Morgan fingerprint density at radius 3 is 2.59 bits per heavy atom. The largest absolute Gasteiger partial charge is 0.391 e. The number of ether oxygens (including phenoxy) is 1. The quantitative estimate of drug-likeness (QED) is 0.736. The summed E-state index contributed by atoms with van der Waals surface area (Å²) in [4.78, 5) is 25.3. The Balaban J connectivity index is 1.34. The van der Waals surface area contributed by atoms with Crippen LogP contribution in [0.4, 0.5) is 5.95 Å². The fourth-order valence-electron chi connectivity index (χ4n) is 4.00. The highest BCUT2D eigenvalue weighted by molar-refractivity contribution is 5.83. The number of aliphatic hydroxyl groups excluding tert-OH is 2. The summed E-state index contributed by atoms with van der Waals surface area (Å²) in [5.41, 5.74) is 1.19. The van der Waals surface area contributed by atoms with E-state index in [1.54, 1.807) is 11.8 Å². The van der Waals surface area contributed by atoms with Crippen molar-refractivity contribution in [1.29, 1.82) is 0 Å². The number of aromatic nitrogens is 2. The van der Waals surface area contributed by atoms with E-state index >= 15 is 0 Å². The Morgan fingerprint density at radius 1 is 1.22 bits per heavy atom. The van der Waals surface area contributed by atoms with E-state index in [1.807, 2.05) is 17.3 Å². The molecule has 1 amide bonds. The number of nitrogens with zero attached hydrogens (tertiary/aromatic N) is 4. The zero-order valence-corrected chi connectivity index (χ0v) is 15.7. The van der Waals surface area contributed by atoms with Gasteiger partial charge in [0.2, 0.25) is 5.95 Å². The number of β-amino-alcohol motifs (C(OH)–C–C–N with tert-alkyl or cyclic N) is 1. The van der Waals surface area contributed by atoms with Crippen LogP contribution in [0.15, 0.2) is 12.4 Å². The molecule has 4 rings (SSSR count). The zero-order valence-electron chi connectivity index (χ0n) is 15.7. The van der Waals surface area contributed by atoms with Crippen LogP contribution in [0.1, 0.15) is 44.1 Å². The van der Waals surface area contributed by atoms with E-state index in [-0.39, 0.29) is 18.6 Å². The third-order valence-electron chi connectivity index (χ3n) is 5.67. The molecule has 2 aliphatic heterocycles. The minimum Gasteiger partial charge on any atom is -0.391 e. The second kappa shape index (κ2) is 7.69. The predicted octanol–water partition coefficient (Wildman–Crippen LogP) is 0.292. The van der Waals surface area contributed by atoms with Gasteiger partial charge in [-0.1, -0.05) is 0 Å². The first-order valence-corrected chi connectivity index (χ1v) is 9.88. The summed E-state index contributed by atoms with van der Waals surface area (Å²) in [5.74, 6) is 1.18. The number of hydrogen-bond donors (Lipinski definition) is 2. The Labute approximate surface area is 159 Å². The summed E-state index contributed by atoms with van der Waals surface area (Å²) in [7, 11) is 0. The van der Waals surface area contributed by atoms with Gasteiger partial charge in [0.25, 0.3) is 5.91 Å². The van der Waals surface area contributed by atoms with Crippen LogP contribution in [0, 0.1) is 0 Å². The molecular formula is C19H28N4O4. The van der Waals surface area contributed by atoms with Crippen molar-refractivity contribution in [3.8, 4) is 0 Å². The topological polar surface area (TPSA) is 99.0 Å². The zero-order chi connectivity index (χ0) is 19.0. The van der Waals surface area contributed by atoms with Crippen LogP contribution in [0.5, 0.6) is 0 Å². The molecule has 0 spiro atoms. The molecule has 27 heavy (non-hydrogen) atoms. The van der Waals surface area contributed by atoms with E-state index in [1.165, 1.54) is 18.4 Å². The average Bonchev–Trinajstić information content (AvgIpc) is 3.44. The number of piperidine rings is 1. The minimum absolute atomic E-state index is 0.0850. The summed E-state index contributed by atoms with van der Waals surface area (Å²) in [6.07, 6.45) is 5.75. The maximum atomic E-state index is 12.6. The van der Waals surface area contributed by atoms with Crippen molar-refractivity contribution in [3.05, 3.63) is 18.0 Å². The van der Waals surface area contributed by atoms with Crippen molar-refractivity contribution >= 4 is 11.9 Å². The average molecular weight is 376 g/mol. The molecule has 1 aliphatic carbocycles. The van der Waals surface area contributed by atoms with Gasteiger partial charge in [0.1, 0.15) is 6.10 Å². The molecule has 1 saturated carbocycles. The van der Waals surface area contributed by atoms with Crippen LogP contribution >= 0.6 is 0 Å². The van der Waals surface area contributed by atoms with E-state index in [0.717, 1.165) is 0 Å². The predicted molar refractivity (Wildman–Crippen MR) is 98.4 cm³/mol. The van der Waals surface area contributed by atoms with Crippen LogP contribution in [0.3, 0.4) is 0 Å². The summed E-state index contributed by atoms with van der Waals surface area (Å²) in [5, 5.41) is 20.0. The van der Waals surface area contributed by atoms with Crippen molar-refractivity contribution in [3.63, 3.8) is 0 Å². The van der Waals surface area contributed by atoms with Gasteiger partial charge in [-0.3, -0.25) is 4.79 Å². The number of carbonyl (C=O) groups excluding carboxylic acids is 1. The highest BCUT2D eigenvalue weighted by Gasteiger charge is 2.41. The molecule has 3 heterocycles. The Kier molecular flexibility index (Phi) is 5.29. The lowest BCUT2D eigenvalue weighted by molar-refractivity contribution is -0.142. The van der Waals surface area contributed by atoms with Gasteiger partial charge in [-0.15, -0.1) is 0 Å². The van der Waals surface area contributed by atoms with E-state index in [4.69, 9.17) is 4.74 Å². The highest BCUT2D eigenvalue weighted by atomic mass is 16.5. The summed E-state index contributed by atoms with van der Waals surface area (Å²) >= 11 is 0. The molecule has 3 fully saturated rings. The molecule has 8 heteroatoms. The second-order valence-electron chi connectivity index (χ2n) is 7.95. The summed E-state index contributed by atoms with van der Waals surface area (Å²) in [6.45, 7) is 3.48. The number of amides is 1. The van der Waals surface area contributed by atoms with Crippen molar-refractivity contribution in [2.24, 2.45) is 0 Å². The molecule has 1 aromatic rings. The van der Waals surface area contributed by atoms with E-state index in [9.17, 15) is 15.0 Å². The van der Waals surface area contributed by atoms with Crippen molar-refractivity contribution in [1.82, 2.24) is 14.9 Å². The van der Waals surface area contributed by atoms with Crippen molar-refractivity contribution in [2.75, 3.05) is 31.1 Å². The monoisotopic (exact) mass is 376 g/mol. The SMILES string of the molecule is CC(O)COC1CCN([C@@H]2CCN(c3ncc(C4CC4)cn3)C[C@H]2O)C1=O. The van der Waals surface area contributed by atoms with Gasteiger partial charge >= 0.3 is 0 Å². The number of hydrogen-bond acceptors (Lipinski definition) is 7. The first-order chi connectivity index (χ1) is 13.0. The van der Waals surface area contributed by atoms with Crippen molar-refractivity contribution in [2.45, 2.75) is 62.9 Å². The molecule has 1 aromatic heterocycles. The van der Waals surface area contributed by atoms with E-state index in [0.29, 0.717) is 44.3 Å². The van der Waals surface area contributed by atoms with Gasteiger partial charge < -0.3 is 24.7 Å². The Bertz CT molecular complexity index is 664. The van der Waals surface area contributed by atoms with Crippen LogP contribution in [-0.4, -0.2) is 81.6 Å². The van der Waals surface area contributed by atoms with E-state index < -0.39 is 18.3 Å². The number of anilines is 1. The van der Waals surface area contributed by atoms with Crippen LogP contribution in [-0.2, 0) is 9.53 Å². The lowest BCUT2D eigenvalue weighted by atomic mass is 10.0. The molecule has 4 atom stereocenters. The molecule has 148 valence electrons. The van der Waals surface area contributed by atoms with Gasteiger partial charge in [-0.2, -0.15) is 0 Å². The summed E-state index contributed by atoms with van der Waals surface area (Å²) < 4.78 is 5.51. The normalized spacial score (nSPS) is 30.0. The smallest absolute Gasteiger partial charge is 0.252 e. The van der Waals surface area contributed by atoms with Crippen molar-refractivity contribution < 1.29 is 19.7 Å². The van der Waals surface area contributed by atoms with Gasteiger partial charge in [0.05, 0.1) is 24.9 Å². The van der Waals surface area contributed by atoms with Crippen LogP contribution < -0.4 is 4.90 Å². The van der Waals surface area contributed by atoms with Gasteiger partial charge in [-0.25, -0.2) is 9.97 Å². The summed E-state index contributed by atoms with van der Waals surface area (Å²) in [6, 6.07) is -0.209. The maximum absolute atomic E-state index is 12.6. The maximum Gasteiger partial charge on any atom is 0.252 e. The minimum atomic E-state index is -0.648. The Morgan fingerprint density at radius 2 is 1.96 bits per heavy atom. The third kappa shape index (κ3) is 4.07. The second-order valence-corrected chi connectivity index (χ2v) is 7.95. The van der Waals surface area contributed by atoms with E-state index in [2.05, 4.69) is 9.97 Å². The standard InChI is InChI=1S/C19H28N4O4/c1-12(24)11-27-17-5-7-23(18(17)26)15-4-6-22(10-16(15)25)19-20-8-14(9-21-19)13-2-3-13/h8-9,12-13,15-17,24-25H,2-7,10-11H2,1H3/t12?,15-,16-,17?/m1/s1. The fraction of sp³-hybridized carbons (Fsp3) is 0.737.